The SMILES string of the molecule is Cc1[nH]c2c(-c3ccc(F)cc3OCC3CC3)ncnc2c1C(=O)N[C@@H]1CCN(C(=O)CO)C1. The van der Waals surface area contributed by atoms with Gasteiger partial charge in [0.1, 0.15) is 35.7 Å². The van der Waals surface area contributed by atoms with Crippen molar-refractivity contribution in [3.8, 4) is 17.0 Å². The molecule has 2 aliphatic rings. The molecule has 0 radical (unpaired) electrons. The van der Waals surface area contributed by atoms with Crippen molar-refractivity contribution in [3.63, 3.8) is 0 Å². The fourth-order valence-electron chi connectivity index (χ4n) is 4.37. The molecular formula is C24H26FN5O4. The first kappa shape index (κ1) is 22.3. The molecule has 2 fully saturated rings. The van der Waals surface area contributed by atoms with Crippen LogP contribution in [0.5, 0.6) is 5.75 Å². The maximum atomic E-state index is 14.0. The fourth-order valence-corrected chi connectivity index (χ4v) is 4.37. The number of aryl methyl sites for hydroxylation is 1. The number of rotatable bonds is 7. The van der Waals surface area contributed by atoms with Crippen molar-refractivity contribution in [1.82, 2.24) is 25.2 Å². The third-order valence-electron chi connectivity index (χ3n) is 6.38. The van der Waals surface area contributed by atoms with Gasteiger partial charge in [0.15, 0.2) is 0 Å². The van der Waals surface area contributed by atoms with Gasteiger partial charge in [-0.2, -0.15) is 0 Å². The second kappa shape index (κ2) is 9.02. The zero-order valence-electron chi connectivity index (χ0n) is 18.8. The van der Waals surface area contributed by atoms with Crippen LogP contribution in [0.2, 0.25) is 0 Å². The van der Waals surface area contributed by atoms with Crippen molar-refractivity contribution >= 4 is 22.8 Å². The Morgan fingerprint density at radius 1 is 1.29 bits per heavy atom. The highest BCUT2D eigenvalue weighted by atomic mass is 19.1. The van der Waals surface area contributed by atoms with Crippen LogP contribution in [0.1, 0.15) is 35.3 Å². The number of likely N-dealkylation sites (tertiary alicyclic amines) is 1. The first-order valence-corrected chi connectivity index (χ1v) is 11.4. The largest absolute Gasteiger partial charge is 0.492 e. The normalized spacial score (nSPS) is 17.9. The van der Waals surface area contributed by atoms with Crippen LogP contribution in [0.4, 0.5) is 4.39 Å². The second-order valence-corrected chi connectivity index (χ2v) is 8.92. The average Bonchev–Trinajstić information content (AvgIpc) is 3.43. The Balaban J connectivity index is 1.44. The predicted molar refractivity (Wildman–Crippen MR) is 122 cm³/mol. The lowest BCUT2D eigenvalue weighted by Gasteiger charge is -2.16. The molecule has 1 saturated carbocycles. The summed E-state index contributed by atoms with van der Waals surface area (Å²) >= 11 is 0. The van der Waals surface area contributed by atoms with E-state index in [1.54, 1.807) is 13.0 Å². The van der Waals surface area contributed by atoms with E-state index in [0.717, 1.165) is 12.8 Å². The zero-order valence-corrected chi connectivity index (χ0v) is 18.8. The number of nitrogens with zero attached hydrogens (tertiary/aromatic N) is 3. The third-order valence-corrected chi connectivity index (χ3v) is 6.38. The molecule has 1 atom stereocenters. The van der Waals surface area contributed by atoms with Gasteiger partial charge in [0.25, 0.3) is 5.91 Å². The van der Waals surface area contributed by atoms with Crippen molar-refractivity contribution in [2.45, 2.75) is 32.2 Å². The van der Waals surface area contributed by atoms with Gasteiger partial charge in [0, 0.05) is 36.5 Å². The summed E-state index contributed by atoms with van der Waals surface area (Å²) in [4.78, 5) is 38.4. The van der Waals surface area contributed by atoms with Crippen molar-refractivity contribution in [1.29, 1.82) is 0 Å². The molecule has 3 N–H and O–H groups in total. The summed E-state index contributed by atoms with van der Waals surface area (Å²) < 4.78 is 19.9. The van der Waals surface area contributed by atoms with Gasteiger partial charge in [0.05, 0.1) is 17.7 Å². The van der Waals surface area contributed by atoms with E-state index in [-0.39, 0.29) is 17.9 Å². The van der Waals surface area contributed by atoms with Crippen molar-refractivity contribution in [3.05, 3.63) is 41.6 Å². The van der Waals surface area contributed by atoms with Gasteiger partial charge in [0.2, 0.25) is 5.91 Å². The highest BCUT2D eigenvalue weighted by molar-refractivity contribution is 6.09. The van der Waals surface area contributed by atoms with Gasteiger partial charge in [-0.3, -0.25) is 9.59 Å². The summed E-state index contributed by atoms with van der Waals surface area (Å²) in [5.74, 6) is -0.140. The van der Waals surface area contributed by atoms with Crippen LogP contribution in [0.25, 0.3) is 22.3 Å². The smallest absolute Gasteiger partial charge is 0.255 e. The van der Waals surface area contributed by atoms with Crippen molar-refractivity contribution in [2.24, 2.45) is 5.92 Å². The van der Waals surface area contributed by atoms with Gasteiger partial charge < -0.3 is 25.0 Å². The molecule has 1 aliphatic heterocycles. The molecule has 1 saturated heterocycles. The summed E-state index contributed by atoms with van der Waals surface area (Å²) in [5.41, 5.74) is 3.19. The number of aliphatic hydroxyl groups is 1. The fraction of sp³-hybridized carbons (Fsp3) is 0.417. The number of benzene rings is 1. The number of amides is 2. The van der Waals surface area contributed by atoms with E-state index in [4.69, 9.17) is 9.84 Å². The molecule has 0 spiro atoms. The van der Waals surface area contributed by atoms with Crippen molar-refractivity contribution < 1.29 is 23.8 Å². The standard InChI is InChI=1S/C24H26FN5O4/c1-13-20(24(33)29-16-6-7-30(9-16)19(32)10-31)22-23(28-13)21(26-12-27-22)17-5-4-15(25)8-18(17)34-11-14-2-3-14/h4-5,8,12,14,16,28,31H,2-3,6-7,9-11H2,1H3,(H,29,33)/t16-/m1/s1. The predicted octanol–water partition coefficient (Wildman–Crippen LogP) is 2.18. The molecule has 1 aromatic carbocycles. The molecule has 2 amide bonds. The van der Waals surface area contributed by atoms with Crippen LogP contribution in [-0.2, 0) is 4.79 Å². The summed E-state index contributed by atoms with van der Waals surface area (Å²) in [6.45, 7) is 2.60. The molecule has 34 heavy (non-hydrogen) atoms. The van der Waals surface area contributed by atoms with Crippen LogP contribution in [0, 0.1) is 18.7 Å². The molecule has 5 rings (SSSR count). The molecule has 2 aromatic heterocycles. The number of aromatic amines is 1. The van der Waals surface area contributed by atoms with Crippen LogP contribution >= 0.6 is 0 Å². The highest BCUT2D eigenvalue weighted by Crippen LogP contribution is 2.36. The minimum atomic E-state index is -0.544. The van der Waals surface area contributed by atoms with Crippen LogP contribution in [0.3, 0.4) is 0 Å². The molecule has 3 heterocycles. The van der Waals surface area contributed by atoms with Gasteiger partial charge in [-0.1, -0.05) is 0 Å². The number of carbonyl (C=O) groups is 2. The maximum absolute atomic E-state index is 14.0. The highest BCUT2D eigenvalue weighted by Gasteiger charge is 2.29. The maximum Gasteiger partial charge on any atom is 0.255 e. The van der Waals surface area contributed by atoms with E-state index < -0.39 is 12.4 Å². The zero-order chi connectivity index (χ0) is 23.8. The summed E-state index contributed by atoms with van der Waals surface area (Å²) in [6, 6.07) is 4.12. The topological polar surface area (TPSA) is 120 Å². The van der Waals surface area contributed by atoms with Gasteiger partial charge in [-0.25, -0.2) is 14.4 Å². The van der Waals surface area contributed by atoms with Crippen LogP contribution in [0.15, 0.2) is 24.5 Å². The number of hydrogen-bond donors (Lipinski definition) is 3. The Bertz CT molecular complexity index is 1260. The number of ether oxygens (including phenoxy) is 1. The number of nitrogens with one attached hydrogen (secondary N) is 2. The van der Waals surface area contributed by atoms with E-state index in [1.165, 1.54) is 23.4 Å². The molecule has 9 nitrogen and oxygen atoms in total. The van der Waals surface area contributed by atoms with E-state index in [9.17, 15) is 14.0 Å². The number of aliphatic hydroxyl groups excluding tert-OH is 1. The minimum absolute atomic E-state index is 0.215. The number of H-pyrrole nitrogens is 1. The molecule has 1 aliphatic carbocycles. The molecule has 0 unspecified atom stereocenters. The Morgan fingerprint density at radius 3 is 2.88 bits per heavy atom. The van der Waals surface area contributed by atoms with Crippen LogP contribution < -0.4 is 10.1 Å². The first-order chi connectivity index (χ1) is 16.4. The summed E-state index contributed by atoms with van der Waals surface area (Å²) in [5, 5.41) is 12.0. The summed E-state index contributed by atoms with van der Waals surface area (Å²) in [7, 11) is 0. The Labute approximate surface area is 195 Å². The second-order valence-electron chi connectivity index (χ2n) is 8.92. The van der Waals surface area contributed by atoms with E-state index in [1.807, 2.05) is 0 Å². The monoisotopic (exact) mass is 467 g/mol. The molecule has 178 valence electrons. The number of carbonyl (C=O) groups excluding carboxylic acids is 2. The lowest BCUT2D eigenvalue weighted by molar-refractivity contribution is -0.133. The van der Waals surface area contributed by atoms with Gasteiger partial charge >= 0.3 is 0 Å². The molecule has 3 aromatic rings. The average molecular weight is 468 g/mol. The lowest BCUT2D eigenvalue weighted by atomic mass is 10.1. The Morgan fingerprint density at radius 2 is 2.12 bits per heavy atom. The quantitative estimate of drug-likeness (QED) is 0.490. The van der Waals surface area contributed by atoms with E-state index >= 15 is 0 Å². The van der Waals surface area contributed by atoms with E-state index in [2.05, 4.69) is 20.3 Å². The Hall–Kier alpha value is -3.53. The van der Waals surface area contributed by atoms with E-state index in [0.29, 0.717) is 71.3 Å². The molecular weight excluding hydrogens is 441 g/mol. The first-order valence-electron chi connectivity index (χ1n) is 11.4. The molecule has 10 heteroatoms. The van der Waals surface area contributed by atoms with Crippen molar-refractivity contribution in [2.75, 3.05) is 26.3 Å². The number of fused-ring (bicyclic) bond motifs is 1. The van der Waals surface area contributed by atoms with Gasteiger partial charge in [-0.05, 0) is 44.2 Å². The minimum Gasteiger partial charge on any atom is -0.492 e. The third kappa shape index (κ3) is 4.33. The number of aromatic nitrogens is 3. The van der Waals surface area contributed by atoms with Gasteiger partial charge in [-0.15, -0.1) is 0 Å². The Kier molecular flexibility index (Phi) is 5.91. The number of halogens is 1. The molecule has 0 bridgehead atoms. The number of hydrogen-bond acceptors (Lipinski definition) is 6. The summed E-state index contributed by atoms with van der Waals surface area (Å²) in [6.07, 6.45) is 4.22. The van der Waals surface area contributed by atoms with Crippen LogP contribution in [-0.4, -0.2) is 69.1 Å². The lowest BCUT2D eigenvalue weighted by Crippen LogP contribution is -2.39.